The zero-order chi connectivity index (χ0) is 15.3. The van der Waals surface area contributed by atoms with E-state index in [4.69, 9.17) is 11.5 Å². The molecule has 3 amide bonds. The van der Waals surface area contributed by atoms with Crippen LogP contribution in [0.25, 0.3) is 0 Å². The summed E-state index contributed by atoms with van der Waals surface area (Å²) in [5.74, 6) is -0.335. The Morgan fingerprint density at radius 2 is 1.75 bits per heavy atom. The minimum Gasteiger partial charge on any atom is -0.369 e. The summed E-state index contributed by atoms with van der Waals surface area (Å²) in [6.45, 7) is 6.09. The monoisotopic (exact) mass is 278 g/mol. The molecule has 1 aromatic carbocycles. The van der Waals surface area contributed by atoms with Crippen LogP contribution in [0.3, 0.4) is 0 Å². The highest BCUT2D eigenvalue weighted by molar-refractivity contribution is 5.87. The van der Waals surface area contributed by atoms with E-state index in [9.17, 15) is 9.59 Å². The van der Waals surface area contributed by atoms with E-state index in [-0.39, 0.29) is 11.9 Å². The zero-order valence-corrected chi connectivity index (χ0v) is 12.1. The quantitative estimate of drug-likeness (QED) is 0.630. The average molecular weight is 278 g/mol. The minimum atomic E-state index is -0.596. The van der Waals surface area contributed by atoms with Crippen molar-refractivity contribution in [3.05, 3.63) is 29.8 Å². The molecule has 0 aromatic heterocycles. The number of amides is 3. The lowest BCUT2D eigenvalue weighted by atomic mass is 9.92. The fourth-order valence-corrected chi connectivity index (χ4v) is 1.61. The van der Waals surface area contributed by atoms with Crippen LogP contribution in [0.15, 0.2) is 24.3 Å². The molecule has 1 aromatic rings. The summed E-state index contributed by atoms with van der Waals surface area (Å²) in [4.78, 5) is 22.0. The van der Waals surface area contributed by atoms with Gasteiger partial charge in [0.05, 0.1) is 5.41 Å². The minimum absolute atomic E-state index is 0.0660. The summed E-state index contributed by atoms with van der Waals surface area (Å²) in [6.07, 6.45) is 0. The van der Waals surface area contributed by atoms with E-state index in [0.29, 0.717) is 12.2 Å². The Bertz CT molecular complexity index is 482. The molecule has 0 aliphatic carbocycles. The normalized spacial score (nSPS) is 12.8. The molecule has 110 valence electrons. The molecule has 0 saturated carbocycles. The summed E-state index contributed by atoms with van der Waals surface area (Å²) in [7, 11) is 0. The highest BCUT2D eigenvalue weighted by atomic mass is 16.2. The number of anilines is 1. The van der Waals surface area contributed by atoms with Crippen LogP contribution in [0.5, 0.6) is 0 Å². The molecular weight excluding hydrogens is 256 g/mol. The van der Waals surface area contributed by atoms with Gasteiger partial charge in [-0.2, -0.15) is 0 Å². The van der Waals surface area contributed by atoms with Gasteiger partial charge in [-0.1, -0.05) is 12.1 Å². The van der Waals surface area contributed by atoms with E-state index < -0.39 is 11.4 Å². The first-order valence-corrected chi connectivity index (χ1v) is 6.42. The molecule has 6 heteroatoms. The number of rotatable bonds is 6. The Hall–Kier alpha value is -2.08. The van der Waals surface area contributed by atoms with Gasteiger partial charge in [0.1, 0.15) is 0 Å². The molecule has 0 fully saturated rings. The number of nitrogens with one attached hydrogen (secondary N) is 2. The third-order valence-electron chi connectivity index (χ3n) is 3.20. The standard InChI is InChI=1S/C14H22N4O2/c1-9(17-8-14(2,3)12(15)19)10-4-6-11(7-5-10)18-13(16)20/h4-7,9,17H,8H2,1-3H3,(H2,15,19)(H3,16,18,20). The predicted molar refractivity (Wildman–Crippen MR) is 79.0 cm³/mol. The molecule has 6 N–H and O–H groups in total. The highest BCUT2D eigenvalue weighted by Gasteiger charge is 2.25. The van der Waals surface area contributed by atoms with Gasteiger partial charge < -0.3 is 22.1 Å². The van der Waals surface area contributed by atoms with Crippen molar-refractivity contribution in [2.45, 2.75) is 26.8 Å². The molecule has 6 nitrogen and oxygen atoms in total. The number of carbonyl (C=O) groups excluding carboxylic acids is 2. The van der Waals surface area contributed by atoms with Crippen molar-refractivity contribution in [2.24, 2.45) is 16.9 Å². The first kappa shape index (κ1) is 16.0. The van der Waals surface area contributed by atoms with Crippen LogP contribution in [0.1, 0.15) is 32.4 Å². The van der Waals surface area contributed by atoms with Gasteiger partial charge in [0.25, 0.3) is 0 Å². The van der Waals surface area contributed by atoms with Gasteiger partial charge in [-0.25, -0.2) is 4.79 Å². The van der Waals surface area contributed by atoms with Crippen molar-refractivity contribution in [3.63, 3.8) is 0 Å². The predicted octanol–water partition coefficient (Wildman–Crippen LogP) is 1.34. The molecule has 0 radical (unpaired) electrons. The number of nitrogens with two attached hydrogens (primary N) is 2. The van der Waals surface area contributed by atoms with E-state index in [1.807, 2.05) is 19.1 Å². The van der Waals surface area contributed by atoms with E-state index >= 15 is 0 Å². The average Bonchev–Trinajstić information content (AvgIpc) is 2.36. The van der Waals surface area contributed by atoms with Gasteiger partial charge in [-0.15, -0.1) is 0 Å². The van der Waals surface area contributed by atoms with Crippen molar-refractivity contribution in [2.75, 3.05) is 11.9 Å². The molecule has 0 bridgehead atoms. The lowest BCUT2D eigenvalue weighted by Gasteiger charge is -2.24. The number of urea groups is 1. The largest absolute Gasteiger partial charge is 0.369 e. The molecular formula is C14H22N4O2. The lowest BCUT2D eigenvalue weighted by molar-refractivity contribution is -0.125. The second-order valence-corrected chi connectivity index (χ2v) is 5.46. The Morgan fingerprint density at radius 3 is 2.20 bits per heavy atom. The van der Waals surface area contributed by atoms with Gasteiger partial charge in [-0.05, 0) is 38.5 Å². The fourth-order valence-electron chi connectivity index (χ4n) is 1.61. The Kier molecular flexibility index (Phi) is 5.10. The molecule has 1 atom stereocenters. The second-order valence-electron chi connectivity index (χ2n) is 5.46. The number of hydrogen-bond donors (Lipinski definition) is 4. The Labute approximate surface area is 118 Å². The lowest BCUT2D eigenvalue weighted by Crippen LogP contribution is -2.41. The highest BCUT2D eigenvalue weighted by Crippen LogP contribution is 2.18. The van der Waals surface area contributed by atoms with Crippen LogP contribution < -0.4 is 22.1 Å². The maximum atomic E-state index is 11.2. The molecule has 20 heavy (non-hydrogen) atoms. The van der Waals surface area contributed by atoms with Crippen LogP contribution in [0.2, 0.25) is 0 Å². The summed E-state index contributed by atoms with van der Waals surface area (Å²) in [6, 6.07) is 6.80. The van der Waals surface area contributed by atoms with Gasteiger partial charge in [0, 0.05) is 18.3 Å². The number of benzene rings is 1. The van der Waals surface area contributed by atoms with Gasteiger partial charge in [0.15, 0.2) is 0 Å². The topological polar surface area (TPSA) is 110 Å². The Morgan fingerprint density at radius 1 is 1.20 bits per heavy atom. The maximum Gasteiger partial charge on any atom is 0.316 e. The maximum absolute atomic E-state index is 11.2. The van der Waals surface area contributed by atoms with Crippen LogP contribution in [-0.4, -0.2) is 18.5 Å². The Balaban J connectivity index is 2.62. The summed E-state index contributed by atoms with van der Waals surface area (Å²) in [5.41, 5.74) is 11.5. The summed E-state index contributed by atoms with van der Waals surface area (Å²) >= 11 is 0. The molecule has 0 heterocycles. The summed E-state index contributed by atoms with van der Waals surface area (Å²) in [5, 5.41) is 5.77. The van der Waals surface area contributed by atoms with E-state index in [0.717, 1.165) is 5.56 Å². The van der Waals surface area contributed by atoms with Gasteiger partial charge >= 0.3 is 6.03 Å². The van der Waals surface area contributed by atoms with E-state index in [2.05, 4.69) is 10.6 Å². The zero-order valence-electron chi connectivity index (χ0n) is 12.1. The van der Waals surface area contributed by atoms with Crippen molar-refractivity contribution in [3.8, 4) is 0 Å². The first-order valence-electron chi connectivity index (χ1n) is 6.42. The van der Waals surface area contributed by atoms with Gasteiger partial charge in [-0.3, -0.25) is 4.79 Å². The van der Waals surface area contributed by atoms with Crippen LogP contribution in [0, 0.1) is 5.41 Å². The molecule has 1 unspecified atom stereocenters. The van der Waals surface area contributed by atoms with Crippen molar-refractivity contribution in [1.29, 1.82) is 0 Å². The molecule has 0 aliphatic rings. The van der Waals surface area contributed by atoms with E-state index in [1.165, 1.54) is 0 Å². The van der Waals surface area contributed by atoms with Gasteiger partial charge in [0.2, 0.25) is 5.91 Å². The summed E-state index contributed by atoms with van der Waals surface area (Å²) < 4.78 is 0. The third kappa shape index (κ3) is 4.55. The smallest absolute Gasteiger partial charge is 0.316 e. The number of carbonyl (C=O) groups is 2. The second kappa shape index (κ2) is 6.38. The molecule has 0 spiro atoms. The molecule has 1 rings (SSSR count). The van der Waals surface area contributed by atoms with Crippen molar-refractivity contribution < 1.29 is 9.59 Å². The third-order valence-corrected chi connectivity index (χ3v) is 3.20. The number of hydrogen-bond acceptors (Lipinski definition) is 3. The van der Waals surface area contributed by atoms with Crippen LogP contribution in [-0.2, 0) is 4.79 Å². The van der Waals surface area contributed by atoms with E-state index in [1.54, 1.807) is 26.0 Å². The SMILES string of the molecule is CC(NCC(C)(C)C(N)=O)c1ccc(NC(N)=O)cc1. The fraction of sp³-hybridized carbons (Fsp3) is 0.429. The van der Waals surface area contributed by atoms with Crippen LogP contribution in [0.4, 0.5) is 10.5 Å². The van der Waals surface area contributed by atoms with Crippen molar-refractivity contribution >= 4 is 17.6 Å². The molecule has 0 saturated heterocycles. The first-order chi connectivity index (χ1) is 9.22. The molecule has 0 aliphatic heterocycles. The van der Waals surface area contributed by atoms with Crippen molar-refractivity contribution in [1.82, 2.24) is 5.32 Å². The van der Waals surface area contributed by atoms with Crippen LogP contribution >= 0.6 is 0 Å². The number of primary amides is 2.